The Morgan fingerprint density at radius 3 is 2.77 bits per heavy atom. The molecule has 0 spiro atoms. The molecule has 0 fully saturated rings. The molecule has 1 heterocycles. The first-order valence-electron chi connectivity index (χ1n) is 9.95. The van der Waals surface area contributed by atoms with Crippen LogP contribution < -0.4 is 20.1 Å². The van der Waals surface area contributed by atoms with Gasteiger partial charge in [-0.25, -0.2) is 4.79 Å². The normalized spacial score (nSPS) is 16.6. The van der Waals surface area contributed by atoms with E-state index in [1.807, 2.05) is 51.1 Å². The molecule has 1 aliphatic heterocycles. The highest BCUT2D eigenvalue weighted by Gasteiger charge is 2.34. The number of fused-ring (bicyclic) bond motifs is 1. The molecule has 0 saturated heterocycles. The topological polar surface area (TPSA) is 68.8 Å². The molecule has 0 aromatic heterocycles. The number of methoxy groups -OCH3 is 1. The van der Waals surface area contributed by atoms with Gasteiger partial charge >= 0.3 is 5.97 Å². The molecule has 2 N–H and O–H groups in total. The van der Waals surface area contributed by atoms with Gasteiger partial charge in [-0.2, -0.15) is 0 Å². The summed E-state index contributed by atoms with van der Waals surface area (Å²) in [5.74, 6) is 1.19. The molecule has 160 valence electrons. The van der Waals surface area contributed by atoms with E-state index in [1.54, 1.807) is 20.1 Å². The summed E-state index contributed by atoms with van der Waals surface area (Å²) in [5, 5.41) is 7.10. The molecule has 0 radical (unpaired) electrons. The van der Waals surface area contributed by atoms with Crippen molar-refractivity contribution in [2.24, 2.45) is 0 Å². The summed E-state index contributed by atoms with van der Waals surface area (Å²) >= 11 is 5.59. The Morgan fingerprint density at radius 2 is 2.07 bits per heavy atom. The molecular formula is C23H28N2O4S. The molecule has 1 aliphatic rings. The summed E-state index contributed by atoms with van der Waals surface area (Å²) in [7, 11) is 1.64. The van der Waals surface area contributed by atoms with Crippen molar-refractivity contribution >= 4 is 29.0 Å². The van der Waals surface area contributed by atoms with Gasteiger partial charge in [-0.05, 0) is 69.7 Å². The summed E-state index contributed by atoms with van der Waals surface area (Å²) in [6.45, 7) is 8.09. The summed E-state index contributed by atoms with van der Waals surface area (Å²) in [5.41, 5.74) is 2.74. The number of anilines is 1. The van der Waals surface area contributed by atoms with Gasteiger partial charge in [0.1, 0.15) is 17.1 Å². The molecule has 6 nitrogen and oxygen atoms in total. The Bertz CT molecular complexity index is 958. The fraction of sp³-hybridized carbons (Fsp3) is 0.391. The van der Waals surface area contributed by atoms with Crippen LogP contribution in [0, 0.1) is 6.92 Å². The summed E-state index contributed by atoms with van der Waals surface area (Å²) in [6.07, 6.45) is 0.746. The third-order valence-corrected chi connectivity index (χ3v) is 5.28. The van der Waals surface area contributed by atoms with E-state index in [1.165, 1.54) is 0 Å². The van der Waals surface area contributed by atoms with Gasteiger partial charge in [0, 0.05) is 23.7 Å². The number of rotatable bonds is 5. The molecule has 7 heteroatoms. The van der Waals surface area contributed by atoms with Crippen molar-refractivity contribution in [3.63, 3.8) is 0 Å². The van der Waals surface area contributed by atoms with Crippen LogP contribution >= 0.6 is 12.2 Å². The smallest absolute Gasteiger partial charge is 0.338 e. The third-order valence-electron chi connectivity index (χ3n) is 5.06. The number of thiocarbonyl (C=S) groups is 1. The molecule has 0 aliphatic carbocycles. The van der Waals surface area contributed by atoms with Crippen LogP contribution in [-0.2, 0) is 4.74 Å². The van der Waals surface area contributed by atoms with E-state index in [2.05, 4.69) is 10.6 Å². The standard InChI is InChI=1S/C23H28N2O4S/c1-6-28-21(26)16-8-7-9-18(14(16)2)24-22(30)25-19-13-23(3,4)29-20-12-15(27-5)10-11-17(19)20/h7-12,19H,6,13H2,1-5H3,(H2,24,25,30)/t19-/m1/s1. The minimum absolute atomic E-state index is 0.0248. The Labute approximate surface area is 182 Å². The SMILES string of the molecule is CCOC(=O)c1cccc(NC(=S)N[C@@H]2CC(C)(C)Oc3cc(OC)ccc32)c1C. The lowest BCUT2D eigenvalue weighted by molar-refractivity contribution is 0.0525. The predicted octanol–water partition coefficient (Wildman–Crippen LogP) is 4.77. The second-order valence-electron chi connectivity index (χ2n) is 7.82. The van der Waals surface area contributed by atoms with Crippen LogP contribution in [0.4, 0.5) is 5.69 Å². The Kier molecular flexibility index (Phi) is 6.51. The molecule has 0 saturated carbocycles. The molecule has 2 aromatic carbocycles. The molecule has 0 bridgehead atoms. The van der Waals surface area contributed by atoms with Crippen LogP contribution in [0.25, 0.3) is 0 Å². The quantitative estimate of drug-likeness (QED) is 0.525. The minimum atomic E-state index is -0.355. The summed E-state index contributed by atoms with van der Waals surface area (Å²) in [6, 6.07) is 11.2. The average Bonchev–Trinajstić information content (AvgIpc) is 2.68. The van der Waals surface area contributed by atoms with Crippen molar-refractivity contribution in [3.8, 4) is 11.5 Å². The van der Waals surface area contributed by atoms with Gasteiger partial charge in [0.15, 0.2) is 5.11 Å². The number of nitrogens with one attached hydrogen (secondary N) is 2. The van der Waals surface area contributed by atoms with Gasteiger partial charge in [0.05, 0.1) is 25.3 Å². The Morgan fingerprint density at radius 1 is 1.30 bits per heavy atom. The monoisotopic (exact) mass is 428 g/mol. The van der Waals surface area contributed by atoms with Crippen molar-refractivity contribution in [3.05, 3.63) is 53.1 Å². The number of benzene rings is 2. The first-order chi connectivity index (χ1) is 14.2. The lowest BCUT2D eigenvalue weighted by atomic mass is 9.89. The van der Waals surface area contributed by atoms with Crippen molar-refractivity contribution in [2.75, 3.05) is 19.0 Å². The van der Waals surface area contributed by atoms with Crippen LogP contribution in [0.2, 0.25) is 0 Å². The summed E-state index contributed by atoms with van der Waals surface area (Å²) < 4.78 is 16.6. The van der Waals surface area contributed by atoms with E-state index in [9.17, 15) is 4.79 Å². The first kappa shape index (κ1) is 21.9. The minimum Gasteiger partial charge on any atom is -0.497 e. The maximum Gasteiger partial charge on any atom is 0.338 e. The lowest BCUT2D eigenvalue weighted by Crippen LogP contribution is -2.42. The average molecular weight is 429 g/mol. The van der Waals surface area contributed by atoms with E-state index in [0.717, 1.165) is 34.7 Å². The number of esters is 1. The number of carbonyl (C=O) groups excluding carboxylic acids is 1. The molecule has 1 atom stereocenters. The van der Waals surface area contributed by atoms with Gasteiger partial charge in [-0.15, -0.1) is 0 Å². The van der Waals surface area contributed by atoms with Gasteiger partial charge in [0.2, 0.25) is 0 Å². The summed E-state index contributed by atoms with van der Waals surface area (Å²) in [4.78, 5) is 12.2. The largest absolute Gasteiger partial charge is 0.497 e. The molecule has 0 unspecified atom stereocenters. The number of hydrogen-bond acceptors (Lipinski definition) is 5. The van der Waals surface area contributed by atoms with Crippen molar-refractivity contribution < 1.29 is 19.0 Å². The Hall–Kier alpha value is -2.80. The molecule has 3 rings (SSSR count). The highest BCUT2D eigenvalue weighted by Crippen LogP contribution is 2.41. The highest BCUT2D eigenvalue weighted by atomic mass is 32.1. The first-order valence-corrected chi connectivity index (χ1v) is 10.4. The third kappa shape index (κ3) is 4.84. The maximum absolute atomic E-state index is 12.2. The zero-order valence-electron chi connectivity index (χ0n) is 18.0. The fourth-order valence-corrected chi connectivity index (χ4v) is 3.86. The predicted molar refractivity (Wildman–Crippen MR) is 122 cm³/mol. The number of ether oxygens (including phenoxy) is 3. The number of hydrogen-bond donors (Lipinski definition) is 2. The molecule has 0 amide bonds. The van der Waals surface area contributed by atoms with Gasteiger partial charge in [0.25, 0.3) is 0 Å². The number of carbonyl (C=O) groups is 1. The van der Waals surface area contributed by atoms with Crippen LogP contribution in [-0.4, -0.2) is 30.4 Å². The molecular weight excluding hydrogens is 400 g/mol. The maximum atomic E-state index is 12.2. The van der Waals surface area contributed by atoms with Crippen molar-refractivity contribution in [1.82, 2.24) is 5.32 Å². The highest BCUT2D eigenvalue weighted by molar-refractivity contribution is 7.80. The van der Waals surface area contributed by atoms with Crippen molar-refractivity contribution in [2.45, 2.75) is 45.8 Å². The van der Waals surface area contributed by atoms with E-state index >= 15 is 0 Å². The van der Waals surface area contributed by atoms with Gasteiger partial charge in [-0.3, -0.25) is 0 Å². The van der Waals surface area contributed by atoms with Crippen LogP contribution in [0.1, 0.15) is 54.7 Å². The van der Waals surface area contributed by atoms with Crippen LogP contribution in [0.5, 0.6) is 11.5 Å². The van der Waals surface area contributed by atoms with E-state index < -0.39 is 0 Å². The zero-order chi connectivity index (χ0) is 21.9. The second kappa shape index (κ2) is 8.92. The van der Waals surface area contributed by atoms with E-state index in [-0.39, 0.29) is 17.6 Å². The Balaban J connectivity index is 1.79. The van der Waals surface area contributed by atoms with Crippen molar-refractivity contribution in [1.29, 1.82) is 0 Å². The van der Waals surface area contributed by atoms with E-state index in [4.69, 9.17) is 26.4 Å². The molecule has 2 aromatic rings. The lowest BCUT2D eigenvalue weighted by Gasteiger charge is -2.38. The second-order valence-corrected chi connectivity index (χ2v) is 8.23. The molecule has 30 heavy (non-hydrogen) atoms. The van der Waals surface area contributed by atoms with Crippen LogP contribution in [0.15, 0.2) is 36.4 Å². The fourth-order valence-electron chi connectivity index (χ4n) is 3.61. The van der Waals surface area contributed by atoms with Gasteiger partial charge in [-0.1, -0.05) is 6.07 Å². The van der Waals surface area contributed by atoms with E-state index in [0.29, 0.717) is 17.3 Å². The zero-order valence-corrected chi connectivity index (χ0v) is 18.8. The van der Waals surface area contributed by atoms with Gasteiger partial charge < -0.3 is 24.8 Å². The van der Waals surface area contributed by atoms with Crippen LogP contribution in [0.3, 0.4) is 0 Å².